The van der Waals surface area contributed by atoms with Gasteiger partial charge in [0.25, 0.3) is 0 Å². The van der Waals surface area contributed by atoms with Crippen LogP contribution in [0.15, 0.2) is 0 Å². The molecule has 1 aliphatic heterocycles. The molecule has 0 spiro atoms. The van der Waals surface area contributed by atoms with Crippen molar-refractivity contribution in [2.45, 2.75) is 56.1 Å². The first-order valence-electron chi connectivity index (χ1n) is 5.78. The number of hydrogen-bond donors (Lipinski definition) is 1. The third kappa shape index (κ3) is 3.67. The highest BCUT2D eigenvalue weighted by molar-refractivity contribution is 8.07. The van der Waals surface area contributed by atoms with Gasteiger partial charge in [0.05, 0.1) is 0 Å². The van der Waals surface area contributed by atoms with Gasteiger partial charge in [0.2, 0.25) is 0 Å². The summed E-state index contributed by atoms with van der Waals surface area (Å²) in [5, 5.41) is 1.52. The van der Waals surface area contributed by atoms with E-state index in [0.29, 0.717) is 11.3 Å². The van der Waals surface area contributed by atoms with E-state index in [-0.39, 0.29) is 0 Å². The minimum absolute atomic E-state index is 0.428. The van der Waals surface area contributed by atoms with Crippen molar-refractivity contribution in [3.63, 3.8) is 0 Å². The van der Waals surface area contributed by atoms with Crippen molar-refractivity contribution in [3.05, 3.63) is 0 Å². The van der Waals surface area contributed by atoms with Gasteiger partial charge in [-0.15, -0.1) is 0 Å². The molecule has 2 N–H and O–H groups in total. The summed E-state index contributed by atoms with van der Waals surface area (Å²) in [7, 11) is 0. The van der Waals surface area contributed by atoms with Gasteiger partial charge in [-0.3, -0.25) is 0 Å². The second-order valence-corrected chi connectivity index (χ2v) is 6.59. The van der Waals surface area contributed by atoms with Gasteiger partial charge >= 0.3 is 0 Å². The molecule has 3 unspecified atom stereocenters. The summed E-state index contributed by atoms with van der Waals surface area (Å²) in [4.78, 5) is 0. The lowest BCUT2D eigenvalue weighted by atomic mass is 10.0. The summed E-state index contributed by atoms with van der Waals surface area (Å²) in [6.07, 6.45) is 5.06. The molecule has 1 fully saturated rings. The molecule has 0 radical (unpaired) electrons. The molecule has 0 bridgehead atoms. The fraction of sp³-hybridized carbons (Fsp3) is 1.00. The lowest BCUT2D eigenvalue weighted by Crippen LogP contribution is -2.41. The Morgan fingerprint density at radius 2 is 2.00 bits per heavy atom. The summed E-state index contributed by atoms with van der Waals surface area (Å²) < 4.78 is 0. The molecule has 3 heteroatoms. The highest BCUT2D eigenvalue weighted by Gasteiger charge is 2.29. The third-order valence-corrected chi connectivity index (χ3v) is 6.24. The van der Waals surface area contributed by atoms with E-state index in [1.807, 2.05) is 0 Å². The van der Waals surface area contributed by atoms with E-state index in [0.717, 1.165) is 5.25 Å². The Hall–Kier alpha value is 0.660. The lowest BCUT2D eigenvalue weighted by Gasteiger charge is -2.34. The van der Waals surface area contributed by atoms with Crippen LogP contribution in [0.1, 0.15) is 39.5 Å². The van der Waals surface area contributed by atoms with Gasteiger partial charge in [-0.1, -0.05) is 26.7 Å². The minimum atomic E-state index is 0.428. The van der Waals surface area contributed by atoms with Crippen LogP contribution >= 0.6 is 23.5 Å². The highest BCUT2D eigenvalue weighted by atomic mass is 32.2. The zero-order valence-electron chi connectivity index (χ0n) is 9.37. The summed E-state index contributed by atoms with van der Waals surface area (Å²) in [6.45, 7) is 4.54. The van der Waals surface area contributed by atoms with Gasteiger partial charge in [-0.2, -0.15) is 23.5 Å². The van der Waals surface area contributed by atoms with Crippen LogP contribution in [0.5, 0.6) is 0 Å². The molecule has 1 rings (SSSR count). The van der Waals surface area contributed by atoms with E-state index in [9.17, 15) is 0 Å². The van der Waals surface area contributed by atoms with Gasteiger partial charge in [0.1, 0.15) is 0 Å². The van der Waals surface area contributed by atoms with E-state index in [2.05, 4.69) is 37.4 Å². The molecule has 1 saturated heterocycles. The molecule has 1 heterocycles. The number of hydrogen-bond acceptors (Lipinski definition) is 3. The average Bonchev–Trinajstić information content (AvgIpc) is 2.25. The fourth-order valence-corrected chi connectivity index (χ4v) is 5.17. The molecule has 0 aliphatic carbocycles. The smallest absolute Gasteiger partial charge is 0.0317 e. The summed E-state index contributed by atoms with van der Waals surface area (Å²) >= 11 is 4.24. The Bertz CT molecular complexity index is 152. The SMILES string of the molecule is CCCCC(N)C1SCCSC1CC. The van der Waals surface area contributed by atoms with E-state index >= 15 is 0 Å². The van der Waals surface area contributed by atoms with Crippen LogP contribution in [0.4, 0.5) is 0 Å². The van der Waals surface area contributed by atoms with Crippen molar-refractivity contribution in [2.24, 2.45) is 5.73 Å². The minimum Gasteiger partial charge on any atom is -0.327 e. The van der Waals surface area contributed by atoms with E-state index in [4.69, 9.17) is 5.73 Å². The zero-order valence-corrected chi connectivity index (χ0v) is 11.0. The number of thioether (sulfide) groups is 2. The number of nitrogens with two attached hydrogens (primary N) is 1. The third-order valence-electron chi connectivity index (χ3n) is 2.81. The molecule has 14 heavy (non-hydrogen) atoms. The normalized spacial score (nSPS) is 30.2. The first-order chi connectivity index (χ1) is 6.79. The molecule has 84 valence electrons. The molecular weight excluding hydrogens is 210 g/mol. The molecule has 0 aromatic carbocycles. The van der Waals surface area contributed by atoms with Crippen LogP contribution in [0, 0.1) is 0 Å². The first-order valence-corrected chi connectivity index (χ1v) is 7.88. The molecular formula is C11H23NS2. The Kier molecular flexibility index (Phi) is 6.38. The standard InChI is InChI=1S/C11H23NS2/c1-3-5-6-9(12)11-10(4-2)13-7-8-14-11/h9-11H,3-8,12H2,1-2H3. The largest absolute Gasteiger partial charge is 0.327 e. The van der Waals surface area contributed by atoms with E-state index < -0.39 is 0 Å². The van der Waals surface area contributed by atoms with E-state index in [1.165, 1.54) is 37.2 Å². The van der Waals surface area contributed by atoms with Crippen molar-refractivity contribution in [1.29, 1.82) is 0 Å². The Morgan fingerprint density at radius 3 is 2.64 bits per heavy atom. The first kappa shape index (κ1) is 12.7. The molecule has 0 aromatic heterocycles. The van der Waals surface area contributed by atoms with Crippen LogP contribution in [0.25, 0.3) is 0 Å². The van der Waals surface area contributed by atoms with Gasteiger partial charge in [-0.25, -0.2) is 0 Å². The Morgan fingerprint density at radius 1 is 1.29 bits per heavy atom. The Balaban J connectivity index is 2.37. The molecule has 3 atom stereocenters. The zero-order chi connectivity index (χ0) is 10.4. The predicted molar refractivity (Wildman–Crippen MR) is 70.3 cm³/mol. The van der Waals surface area contributed by atoms with Crippen LogP contribution in [-0.4, -0.2) is 28.0 Å². The maximum Gasteiger partial charge on any atom is 0.0317 e. The van der Waals surface area contributed by atoms with Crippen LogP contribution in [0.2, 0.25) is 0 Å². The summed E-state index contributed by atoms with van der Waals surface area (Å²) in [5.74, 6) is 2.62. The maximum atomic E-state index is 6.27. The van der Waals surface area contributed by atoms with Crippen molar-refractivity contribution in [2.75, 3.05) is 11.5 Å². The summed E-state index contributed by atoms with van der Waals surface area (Å²) in [6, 6.07) is 0.428. The van der Waals surface area contributed by atoms with Crippen LogP contribution in [0.3, 0.4) is 0 Å². The van der Waals surface area contributed by atoms with E-state index in [1.54, 1.807) is 0 Å². The molecule has 1 nitrogen and oxygen atoms in total. The van der Waals surface area contributed by atoms with Crippen molar-refractivity contribution < 1.29 is 0 Å². The topological polar surface area (TPSA) is 26.0 Å². The molecule has 1 aliphatic rings. The summed E-state index contributed by atoms with van der Waals surface area (Å²) in [5.41, 5.74) is 6.27. The van der Waals surface area contributed by atoms with Gasteiger partial charge in [0.15, 0.2) is 0 Å². The predicted octanol–water partition coefficient (Wildman–Crippen LogP) is 3.13. The highest BCUT2D eigenvalue weighted by Crippen LogP contribution is 2.35. The number of unbranched alkanes of at least 4 members (excludes halogenated alkanes) is 1. The van der Waals surface area contributed by atoms with Crippen molar-refractivity contribution in [1.82, 2.24) is 0 Å². The van der Waals surface area contributed by atoms with Crippen LogP contribution in [-0.2, 0) is 0 Å². The lowest BCUT2D eigenvalue weighted by molar-refractivity contribution is 0.537. The van der Waals surface area contributed by atoms with Gasteiger partial charge in [-0.05, 0) is 12.8 Å². The molecule has 0 saturated carbocycles. The Labute approximate surface area is 97.0 Å². The monoisotopic (exact) mass is 233 g/mol. The molecule has 0 amide bonds. The fourth-order valence-electron chi connectivity index (χ4n) is 1.94. The second kappa shape index (κ2) is 7.02. The number of rotatable bonds is 5. The van der Waals surface area contributed by atoms with Gasteiger partial charge in [0, 0.05) is 28.0 Å². The quantitative estimate of drug-likeness (QED) is 0.790. The van der Waals surface area contributed by atoms with Crippen molar-refractivity contribution in [3.8, 4) is 0 Å². The maximum absolute atomic E-state index is 6.27. The molecule has 0 aromatic rings. The van der Waals surface area contributed by atoms with Crippen LogP contribution < -0.4 is 5.73 Å². The second-order valence-electron chi connectivity index (χ2n) is 3.96. The van der Waals surface area contributed by atoms with Crippen molar-refractivity contribution >= 4 is 23.5 Å². The van der Waals surface area contributed by atoms with Gasteiger partial charge < -0.3 is 5.73 Å². The average molecular weight is 233 g/mol.